The maximum absolute atomic E-state index is 7.05. The Morgan fingerprint density at radius 2 is 2.08 bits per heavy atom. The van der Waals surface area contributed by atoms with Crippen LogP contribution in [0.1, 0.15) is 25.7 Å². The molecule has 0 aliphatic heterocycles. The Bertz CT molecular complexity index is 205. The lowest BCUT2D eigenvalue weighted by Crippen LogP contribution is -2.43. The zero-order valence-electron chi connectivity index (χ0n) is 7.93. The molecule has 1 aliphatic rings. The van der Waals surface area contributed by atoms with Gasteiger partial charge in [-0.2, -0.15) is 0 Å². The van der Waals surface area contributed by atoms with E-state index in [1.807, 2.05) is 0 Å². The van der Waals surface area contributed by atoms with Crippen molar-refractivity contribution >= 4 is 11.9 Å². The van der Waals surface area contributed by atoms with Crippen LogP contribution in [0.4, 0.5) is 0 Å². The summed E-state index contributed by atoms with van der Waals surface area (Å²) in [5.41, 5.74) is 5.19. The molecule has 0 aromatic carbocycles. The summed E-state index contributed by atoms with van der Waals surface area (Å²) in [6.45, 7) is 0. The third-order valence-corrected chi connectivity index (χ3v) is 2.13. The van der Waals surface area contributed by atoms with E-state index in [-0.39, 0.29) is 5.96 Å². The third-order valence-electron chi connectivity index (χ3n) is 2.13. The minimum absolute atomic E-state index is 0.0777. The molecule has 0 radical (unpaired) electrons. The molecular weight excluding hydrogens is 166 g/mol. The zero-order chi connectivity index (χ0) is 9.68. The number of nitrogens with two attached hydrogens (primary N) is 1. The number of hydrogen-bond acceptors (Lipinski definition) is 2. The fourth-order valence-corrected chi connectivity index (χ4v) is 1.50. The van der Waals surface area contributed by atoms with E-state index < -0.39 is 0 Å². The smallest absolute Gasteiger partial charge is 0.198 e. The van der Waals surface area contributed by atoms with E-state index in [9.17, 15) is 0 Å². The Morgan fingerprint density at radius 3 is 2.54 bits per heavy atom. The molecule has 0 heterocycles. The van der Waals surface area contributed by atoms with E-state index in [1.54, 1.807) is 7.05 Å². The highest BCUT2D eigenvalue weighted by Gasteiger charge is 2.14. The van der Waals surface area contributed by atoms with Crippen molar-refractivity contribution in [3.8, 4) is 0 Å². The van der Waals surface area contributed by atoms with Crippen molar-refractivity contribution in [2.45, 2.75) is 31.7 Å². The number of guanidine groups is 2. The molecular formula is C8H17N5. The second-order valence-electron chi connectivity index (χ2n) is 3.20. The summed E-state index contributed by atoms with van der Waals surface area (Å²) in [6, 6.07) is 0.397. The number of rotatable bonds is 1. The van der Waals surface area contributed by atoms with Crippen molar-refractivity contribution in [3.63, 3.8) is 0 Å². The van der Waals surface area contributed by atoms with Gasteiger partial charge in [0.15, 0.2) is 11.9 Å². The third kappa shape index (κ3) is 3.31. The largest absolute Gasteiger partial charge is 0.370 e. The minimum Gasteiger partial charge on any atom is -0.370 e. The van der Waals surface area contributed by atoms with E-state index in [4.69, 9.17) is 11.1 Å². The molecule has 0 bridgehead atoms. The first kappa shape index (κ1) is 9.83. The van der Waals surface area contributed by atoms with Gasteiger partial charge >= 0.3 is 0 Å². The summed E-state index contributed by atoms with van der Waals surface area (Å²) in [5, 5.41) is 12.6. The lowest BCUT2D eigenvalue weighted by molar-refractivity contribution is 0.698. The van der Waals surface area contributed by atoms with Gasteiger partial charge in [0.25, 0.3) is 0 Å². The molecule has 5 N–H and O–H groups in total. The van der Waals surface area contributed by atoms with Gasteiger partial charge in [-0.25, -0.2) is 4.99 Å². The lowest BCUT2D eigenvalue weighted by atomic mass is 10.3. The first-order chi connectivity index (χ1) is 6.22. The molecule has 13 heavy (non-hydrogen) atoms. The molecule has 1 saturated carbocycles. The van der Waals surface area contributed by atoms with Crippen molar-refractivity contribution in [3.05, 3.63) is 0 Å². The Kier molecular flexibility index (Phi) is 3.54. The first-order valence-electron chi connectivity index (χ1n) is 4.59. The molecule has 1 fully saturated rings. The topological polar surface area (TPSA) is 86.3 Å². The lowest BCUT2D eigenvalue weighted by Gasteiger charge is -2.09. The van der Waals surface area contributed by atoms with E-state index in [0.29, 0.717) is 12.0 Å². The number of aliphatic imine (C=N–C) groups is 1. The molecule has 0 atom stereocenters. The fourth-order valence-electron chi connectivity index (χ4n) is 1.50. The maximum atomic E-state index is 7.05. The molecule has 1 rings (SSSR count). The quantitative estimate of drug-likeness (QED) is 0.340. The molecule has 0 unspecified atom stereocenters. The Balaban J connectivity index is 2.47. The van der Waals surface area contributed by atoms with Crippen LogP contribution in [0, 0.1) is 5.41 Å². The highest BCUT2D eigenvalue weighted by Crippen LogP contribution is 2.20. The standard InChI is InChI=1S/C8H17N5/c1-11-8(13-7(9)10)12-6-4-2-3-5-6/h6H,2-5H2,1H3,(H5,9,10,11,12,13). The number of hydrogen-bond donors (Lipinski definition) is 4. The highest BCUT2D eigenvalue weighted by molar-refractivity contribution is 5.96. The summed E-state index contributed by atoms with van der Waals surface area (Å²) < 4.78 is 0. The van der Waals surface area contributed by atoms with Gasteiger partial charge < -0.3 is 11.1 Å². The Morgan fingerprint density at radius 1 is 1.46 bits per heavy atom. The summed E-state index contributed by atoms with van der Waals surface area (Å²) >= 11 is 0. The molecule has 74 valence electrons. The van der Waals surface area contributed by atoms with E-state index in [1.165, 1.54) is 12.8 Å². The molecule has 1 aliphatic carbocycles. The van der Waals surface area contributed by atoms with Gasteiger partial charge in [0.2, 0.25) is 0 Å². The van der Waals surface area contributed by atoms with Crippen LogP contribution < -0.4 is 16.4 Å². The van der Waals surface area contributed by atoms with Crippen molar-refractivity contribution in [1.29, 1.82) is 5.41 Å². The maximum Gasteiger partial charge on any atom is 0.198 e. The van der Waals surface area contributed by atoms with Gasteiger partial charge in [-0.05, 0) is 12.8 Å². The molecule has 0 spiro atoms. The fraction of sp³-hybridized carbons (Fsp3) is 0.750. The summed E-state index contributed by atoms with van der Waals surface area (Å²) in [5.74, 6) is 0.519. The normalized spacial score (nSPS) is 18.7. The van der Waals surface area contributed by atoms with Gasteiger partial charge in [-0.3, -0.25) is 10.7 Å². The first-order valence-corrected chi connectivity index (χ1v) is 4.59. The van der Waals surface area contributed by atoms with Crippen LogP contribution in [0.2, 0.25) is 0 Å². The average molecular weight is 183 g/mol. The summed E-state index contributed by atoms with van der Waals surface area (Å²) in [6.07, 6.45) is 4.80. The zero-order valence-corrected chi connectivity index (χ0v) is 7.93. The number of nitrogens with one attached hydrogen (secondary N) is 3. The van der Waals surface area contributed by atoms with E-state index >= 15 is 0 Å². The summed E-state index contributed by atoms with van der Waals surface area (Å²) in [4.78, 5) is 4.41. The number of nitrogens with zero attached hydrogens (tertiary/aromatic N) is 1. The second kappa shape index (κ2) is 4.69. The molecule has 0 amide bonds. The van der Waals surface area contributed by atoms with Crippen molar-refractivity contribution in [1.82, 2.24) is 10.6 Å². The van der Waals surface area contributed by atoms with Gasteiger partial charge in [-0.15, -0.1) is 0 Å². The van der Waals surface area contributed by atoms with Crippen LogP contribution >= 0.6 is 0 Å². The van der Waals surface area contributed by atoms with Gasteiger partial charge in [0.05, 0.1) is 6.04 Å². The highest BCUT2D eigenvalue weighted by atomic mass is 15.2. The molecule has 0 aromatic rings. The van der Waals surface area contributed by atoms with Crippen molar-refractivity contribution in [2.24, 2.45) is 10.7 Å². The van der Waals surface area contributed by atoms with E-state index in [2.05, 4.69) is 15.6 Å². The van der Waals surface area contributed by atoms with Crippen molar-refractivity contribution < 1.29 is 0 Å². The van der Waals surface area contributed by atoms with Gasteiger partial charge in [0, 0.05) is 7.05 Å². The minimum atomic E-state index is -0.0777. The molecule has 5 nitrogen and oxygen atoms in total. The van der Waals surface area contributed by atoms with Crippen LogP contribution in [0.3, 0.4) is 0 Å². The van der Waals surface area contributed by atoms with Crippen molar-refractivity contribution in [2.75, 3.05) is 7.05 Å². The van der Waals surface area contributed by atoms with Crippen LogP contribution in [0.5, 0.6) is 0 Å². The van der Waals surface area contributed by atoms with Gasteiger partial charge in [0.1, 0.15) is 0 Å². The Hall–Kier alpha value is -1.26. The second-order valence-corrected chi connectivity index (χ2v) is 3.20. The monoisotopic (exact) mass is 183 g/mol. The predicted octanol–water partition coefficient (Wildman–Crippen LogP) is -0.0125. The summed E-state index contributed by atoms with van der Waals surface area (Å²) in [7, 11) is 1.77. The van der Waals surface area contributed by atoms with Crippen LogP contribution in [0.15, 0.2) is 4.99 Å². The van der Waals surface area contributed by atoms with Crippen LogP contribution in [-0.2, 0) is 0 Å². The average Bonchev–Trinajstić information content (AvgIpc) is 2.55. The molecule has 0 aromatic heterocycles. The molecule has 0 saturated heterocycles. The van der Waals surface area contributed by atoms with E-state index in [0.717, 1.165) is 12.8 Å². The SMILES string of the molecule is CNC(=NC1CCCC1)NC(=N)N. The van der Waals surface area contributed by atoms with Crippen LogP contribution in [-0.4, -0.2) is 25.0 Å². The Labute approximate surface area is 78.3 Å². The predicted molar refractivity (Wildman–Crippen MR) is 53.8 cm³/mol. The van der Waals surface area contributed by atoms with Gasteiger partial charge in [-0.1, -0.05) is 12.8 Å². The molecule has 5 heteroatoms. The van der Waals surface area contributed by atoms with Crippen LogP contribution in [0.25, 0.3) is 0 Å².